The quantitative estimate of drug-likeness (QED) is 0.386. The fraction of sp³-hybridized carbons (Fsp3) is 0.0870. The Morgan fingerprint density at radius 3 is 2.00 bits per heavy atom. The van der Waals surface area contributed by atoms with Crippen LogP contribution in [0.25, 0.3) is 6.08 Å². The lowest BCUT2D eigenvalue weighted by molar-refractivity contribution is -0.137. The smallest absolute Gasteiger partial charge is 0.330 e. The molecule has 0 atom stereocenters. The van der Waals surface area contributed by atoms with Crippen molar-refractivity contribution in [3.05, 3.63) is 102 Å². The van der Waals surface area contributed by atoms with Crippen molar-refractivity contribution in [2.75, 3.05) is 6.61 Å². The minimum absolute atomic E-state index is 0.0533. The van der Waals surface area contributed by atoms with Gasteiger partial charge in [-0.2, -0.15) is 0 Å². The van der Waals surface area contributed by atoms with Crippen molar-refractivity contribution >= 4 is 12.0 Å². The van der Waals surface area contributed by atoms with E-state index >= 15 is 0 Å². The zero-order valence-electron chi connectivity index (χ0n) is 14.7. The van der Waals surface area contributed by atoms with Gasteiger partial charge in [-0.1, -0.05) is 66.7 Å². The number of carbonyl (C=O) groups is 1. The molecule has 27 heavy (non-hydrogen) atoms. The number of benzene rings is 3. The Labute approximate surface area is 158 Å². The highest BCUT2D eigenvalue weighted by atomic mass is 16.5. The van der Waals surface area contributed by atoms with Crippen LogP contribution in [0.4, 0.5) is 0 Å². The van der Waals surface area contributed by atoms with Crippen molar-refractivity contribution in [3.63, 3.8) is 0 Å². The van der Waals surface area contributed by atoms with Crippen molar-refractivity contribution in [2.45, 2.75) is 5.92 Å². The van der Waals surface area contributed by atoms with Crippen LogP contribution in [0.15, 0.2) is 84.9 Å². The molecule has 0 saturated heterocycles. The molecule has 0 saturated carbocycles. The highest BCUT2D eigenvalue weighted by molar-refractivity contribution is 5.87. The third-order valence-corrected chi connectivity index (χ3v) is 4.21. The van der Waals surface area contributed by atoms with Gasteiger partial charge in [0.05, 0.1) is 0 Å². The molecule has 3 rings (SSSR count). The molecule has 0 bridgehead atoms. The molecule has 0 fully saturated rings. The first-order valence-electron chi connectivity index (χ1n) is 8.60. The van der Waals surface area contributed by atoms with Gasteiger partial charge in [-0.05, 0) is 34.9 Å². The molecule has 0 spiro atoms. The Morgan fingerprint density at radius 2 is 1.44 bits per heavy atom. The molecule has 4 heteroatoms. The zero-order valence-corrected chi connectivity index (χ0v) is 14.7. The van der Waals surface area contributed by atoms with Crippen LogP contribution in [0, 0.1) is 0 Å². The molecule has 0 aliphatic rings. The number of hydrogen-bond acceptors (Lipinski definition) is 4. The molecular weight excluding hydrogens is 340 g/mol. The molecule has 0 aromatic heterocycles. The van der Waals surface area contributed by atoms with E-state index in [1.54, 1.807) is 6.07 Å². The fourth-order valence-electron chi connectivity index (χ4n) is 2.78. The summed E-state index contributed by atoms with van der Waals surface area (Å²) in [4.78, 5) is 12.1. The molecule has 0 aliphatic heterocycles. The zero-order chi connectivity index (χ0) is 19.1. The second kappa shape index (κ2) is 8.72. The monoisotopic (exact) mass is 360 g/mol. The van der Waals surface area contributed by atoms with Gasteiger partial charge >= 0.3 is 5.97 Å². The van der Waals surface area contributed by atoms with Gasteiger partial charge in [0.2, 0.25) is 0 Å². The van der Waals surface area contributed by atoms with E-state index < -0.39 is 5.97 Å². The number of hydrogen-bond donors (Lipinski definition) is 2. The van der Waals surface area contributed by atoms with Crippen LogP contribution in [-0.4, -0.2) is 22.8 Å². The van der Waals surface area contributed by atoms with E-state index in [0.717, 1.165) is 11.1 Å². The summed E-state index contributed by atoms with van der Waals surface area (Å²) in [6, 6.07) is 24.1. The third kappa shape index (κ3) is 4.98. The summed E-state index contributed by atoms with van der Waals surface area (Å²) in [5, 5.41) is 18.8. The van der Waals surface area contributed by atoms with E-state index in [2.05, 4.69) is 0 Å². The first-order chi connectivity index (χ1) is 13.1. The highest BCUT2D eigenvalue weighted by Crippen LogP contribution is 2.26. The van der Waals surface area contributed by atoms with Gasteiger partial charge < -0.3 is 14.9 Å². The largest absolute Gasteiger partial charge is 0.504 e. The maximum atomic E-state index is 12.1. The lowest BCUT2D eigenvalue weighted by Crippen LogP contribution is -2.12. The van der Waals surface area contributed by atoms with Crippen LogP contribution in [-0.2, 0) is 9.53 Å². The molecule has 0 heterocycles. The van der Waals surface area contributed by atoms with Gasteiger partial charge in [-0.3, -0.25) is 0 Å². The van der Waals surface area contributed by atoms with Crippen LogP contribution in [0.2, 0.25) is 0 Å². The summed E-state index contributed by atoms with van der Waals surface area (Å²) in [5.74, 6) is -0.969. The molecule has 3 aromatic carbocycles. The van der Waals surface area contributed by atoms with Crippen LogP contribution < -0.4 is 0 Å². The predicted octanol–water partition coefficient (Wildman–Crippen LogP) is 4.49. The van der Waals surface area contributed by atoms with E-state index in [1.807, 2.05) is 60.7 Å². The third-order valence-electron chi connectivity index (χ3n) is 4.21. The van der Waals surface area contributed by atoms with Crippen molar-refractivity contribution in [1.82, 2.24) is 0 Å². The highest BCUT2D eigenvalue weighted by Gasteiger charge is 2.15. The van der Waals surface area contributed by atoms with Gasteiger partial charge in [-0.15, -0.1) is 0 Å². The van der Waals surface area contributed by atoms with Gasteiger partial charge in [-0.25, -0.2) is 4.79 Å². The predicted molar refractivity (Wildman–Crippen MR) is 104 cm³/mol. The molecule has 0 radical (unpaired) electrons. The normalized spacial score (nSPS) is 11.0. The Morgan fingerprint density at radius 1 is 0.852 bits per heavy atom. The van der Waals surface area contributed by atoms with E-state index in [-0.39, 0.29) is 24.0 Å². The number of aromatic hydroxyl groups is 2. The second-order valence-corrected chi connectivity index (χ2v) is 6.09. The van der Waals surface area contributed by atoms with E-state index in [0.29, 0.717) is 5.56 Å². The van der Waals surface area contributed by atoms with Gasteiger partial charge in [0.1, 0.15) is 6.61 Å². The van der Waals surface area contributed by atoms with E-state index in [9.17, 15) is 15.0 Å². The van der Waals surface area contributed by atoms with Crippen LogP contribution in [0.5, 0.6) is 11.5 Å². The maximum Gasteiger partial charge on any atom is 0.330 e. The number of ether oxygens (including phenoxy) is 1. The summed E-state index contributed by atoms with van der Waals surface area (Å²) in [6.45, 7) is 0.220. The van der Waals surface area contributed by atoms with Crippen LogP contribution >= 0.6 is 0 Å². The molecule has 4 nitrogen and oxygen atoms in total. The molecular formula is C23H20O4. The van der Waals surface area contributed by atoms with Gasteiger partial charge in [0.25, 0.3) is 0 Å². The SMILES string of the molecule is O=C(/C=C/c1ccc(O)c(O)c1)OCC(c1ccccc1)c1ccccc1. The lowest BCUT2D eigenvalue weighted by Gasteiger charge is -2.17. The first-order valence-corrected chi connectivity index (χ1v) is 8.60. The summed E-state index contributed by atoms with van der Waals surface area (Å²) in [5.41, 5.74) is 2.73. The standard InChI is InChI=1S/C23H20O4/c24-21-13-11-17(15-22(21)25)12-14-23(26)27-16-20(18-7-3-1-4-8-18)19-9-5-2-6-10-19/h1-15,20,24-25H,16H2/b14-12+. The summed E-state index contributed by atoms with van der Waals surface area (Å²) < 4.78 is 5.45. The number of carbonyl (C=O) groups excluding carboxylic acids is 1. The molecule has 3 aromatic rings. The van der Waals surface area contributed by atoms with Gasteiger partial charge in [0.15, 0.2) is 11.5 Å². The second-order valence-electron chi connectivity index (χ2n) is 6.09. The summed E-state index contributed by atoms with van der Waals surface area (Å²) >= 11 is 0. The van der Waals surface area contributed by atoms with Crippen molar-refractivity contribution in [1.29, 1.82) is 0 Å². The topological polar surface area (TPSA) is 66.8 Å². The number of esters is 1. The first kappa shape index (κ1) is 18.3. The lowest BCUT2D eigenvalue weighted by atomic mass is 9.92. The molecule has 136 valence electrons. The van der Waals surface area contributed by atoms with Crippen LogP contribution in [0.1, 0.15) is 22.6 Å². The molecule has 2 N–H and O–H groups in total. The Bertz CT molecular complexity index is 878. The Hall–Kier alpha value is -3.53. The Kier molecular flexibility index (Phi) is 5.90. The Balaban J connectivity index is 1.69. The summed E-state index contributed by atoms with van der Waals surface area (Å²) in [7, 11) is 0. The average molecular weight is 360 g/mol. The maximum absolute atomic E-state index is 12.1. The van der Waals surface area contributed by atoms with Crippen LogP contribution in [0.3, 0.4) is 0 Å². The minimum atomic E-state index is -0.473. The molecule has 0 unspecified atom stereocenters. The van der Waals surface area contributed by atoms with E-state index in [1.165, 1.54) is 24.3 Å². The minimum Gasteiger partial charge on any atom is -0.504 e. The fourth-order valence-corrected chi connectivity index (χ4v) is 2.78. The average Bonchev–Trinajstić information content (AvgIpc) is 2.71. The molecule has 0 amide bonds. The van der Waals surface area contributed by atoms with Crippen molar-refractivity contribution in [2.24, 2.45) is 0 Å². The number of phenolic OH excluding ortho intramolecular Hbond substituents is 2. The summed E-state index contributed by atoms with van der Waals surface area (Å²) in [6.07, 6.45) is 2.83. The molecule has 0 aliphatic carbocycles. The van der Waals surface area contributed by atoms with Gasteiger partial charge in [0, 0.05) is 12.0 Å². The number of rotatable bonds is 6. The van der Waals surface area contributed by atoms with Crippen molar-refractivity contribution < 1.29 is 19.7 Å². The van der Waals surface area contributed by atoms with E-state index in [4.69, 9.17) is 4.74 Å². The number of phenols is 2. The van der Waals surface area contributed by atoms with Crippen molar-refractivity contribution in [3.8, 4) is 11.5 Å².